The topological polar surface area (TPSA) is 52.7 Å². The third-order valence-electron chi connectivity index (χ3n) is 5.87. The second-order valence-electron chi connectivity index (χ2n) is 8.12. The Hall–Kier alpha value is -2.54. The second kappa shape index (κ2) is 10.2. The third-order valence-corrected chi connectivity index (χ3v) is 7.22. The van der Waals surface area contributed by atoms with Crippen LogP contribution in [0.15, 0.2) is 53.4 Å². The fraction of sp³-hybridized carbons (Fsp3) is 0.417. The van der Waals surface area contributed by atoms with Crippen LogP contribution in [0.5, 0.6) is 0 Å². The average molecular weight is 442 g/mol. The summed E-state index contributed by atoms with van der Waals surface area (Å²) >= 11 is 1.93. The van der Waals surface area contributed by atoms with E-state index in [-0.39, 0.29) is 17.8 Å². The van der Waals surface area contributed by atoms with E-state index in [0.29, 0.717) is 38.2 Å². The van der Waals surface area contributed by atoms with Crippen molar-refractivity contribution >= 4 is 29.4 Å². The van der Waals surface area contributed by atoms with Gasteiger partial charge in [-0.3, -0.25) is 4.79 Å². The van der Waals surface area contributed by atoms with Crippen molar-refractivity contribution in [2.24, 2.45) is 0 Å². The lowest BCUT2D eigenvalue weighted by Crippen LogP contribution is -2.39. The lowest BCUT2D eigenvalue weighted by Gasteiger charge is -2.22. The van der Waals surface area contributed by atoms with Crippen LogP contribution in [-0.4, -0.2) is 53.2 Å². The molecule has 2 aromatic carbocycles. The maximum atomic E-state index is 13.1. The van der Waals surface area contributed by atoms with Crippen molar-refractivity contribution in [2.75, 3.05) is 31.5 Å². The van der Waals surface area contributed by atoms with E-state index in [1.165, 1.54) is 54.8 Å². The number of rotatable bonds is 4. The molecule has 0 radical (unpaired) electrons. The molecule has 1 N–H and O–H groups in total. The number of hydrogen-bond donors (Lipinski definition) is 1. The minimum absolute atomic E-state index is 0.127. The van der Waals surface area contributed by atoms with E-state index >= 15 is 0 Å². The molecular formula is C24H28FN3O2S. The maximum Gasteiger partial charge on any atom is 0.321 e. The SMILES string of the molecule is O=C(Nc1ccc(SC2CCCC2)cc1)N1CCCN(C(=O)c2ccc(F)cc2)CC1. The fourth-order valence-electron chi connectivity index (χ4n) is 4.12. The summed E-state index contributed by atoms with van der Waals surface area (Å²) in [5.74, 6) is -0.488. The van der Waals surface area contributed by atoms with Crippen molar-refractivity contribution in [1.82, 2.24) is 9.80 Å². The normalized spacial score (nSPS) is 17.5. The standard InChI is InChI=1S/C24H28FN3O2S/c25-19-8-6-18(7-9-19)23(29)27-14-3-15-28(17-16-27)24(30)26-20-10-12-22(13-11-20)31-21-4-1-2-5-21/h6-13,21H,1-5,14-17H2,(H,26,30). The highest BCUT2D eigenvalue weighted by molar-refractivity contribution is 8.00. The summed E-state index contributed by atoms with van der Waals surface area (Å²) in [6.07, 6.45) is 5.94. The van der Waals surface area contributed by atoms with E-state index < -0.39 is 0 Å². The van der Waals surface area contributed by atoms with Crippen LogP contribution in [-0.2, 0) is 0 Å². The summed E-state index contributed by atoms with van der Waals surface area (Å²) in [6, 6.07) is 13.5. The molecule has 1 saturated carbocycles. The molecule has 0 aromatic heterocycles. The molecule has 0 atom stereocenters. The van der Waals surface area contributed by atoms with Gasteiger partial charge in [0, 0.05) is 47.6 Å². The highest BCUT2D eigenvalue weighted by Crippen LogP contribution is 2.35. The van der Waals surface area contributed by atoms with Gasteiger partial charge in [-0.2, -0.15) is 0 Å². The Kier molecular flexibility index (Phi) is 7.12. The predicted molar refractivity (Wildman–Crippen MR) is 122 cm³/mol. The number of hydrogen-bond acceptors (Lipinski definition) is 3. The Bertz CT molecular complexity index is 898. The molecular weight excluding hydrogens is 413 g/mol. The number of nitrogens with zero attached hydrogens (tertiary/aromatic N) is 2. The number of urea groups is 1. The van der Waals surface area contributed by atoms with Crippen LogP contribution in [0.1, 0.15) is 42.5 Å². The van der Waals surface area contributed by atoms with Gasteiger partial charge in [-0.05, 0) is 67.8 Å². The quantitative estimate of drug-likeness (QED) is 0.706. The van der Waals surface area contributed by atoms with Gasteiger partial charge >= 0.3 is 6.03 Å². The molecule has 1 heterocycles. The molecule has 5 nitrogen and oxygen atoms in total. The summed E-state index contributed by atoms with van der Waals surface area (Å²) < 4.78 is 13.1. The van der Waals surface area contributed by atoms with Crippen molar-refractivity contribution in [1.29, 1.82) is 0 Å². The van der Waals surface area contributed by atoms with Crippen LogP contribution in [0.25, 0.3) is 0 Å². The van der Waals surface area contributed by atoms with Crippen molar-refractivity contribution in [3.63, 3.8) is 0 Å². The fourth-order valence-corrected chi connectivity index (χ4v) is 5.36. The Morgan fingerprint density at radius 1 is 0.839 bits per heavy atom. The van der Waals surface area contributed by atoms with E-state index in [1.807, 2.05) is 23.9 Å². The van der Waals surface area contributed by atoms with E-state index in [2.05, 4.69) is 17.4 Å². The molecule has 0 bridgehead atoms. The third kappa shape index (κ3) is 5.79. The van der Waals surface area contributed by atoms with E-state index in [4.69, 9.17) is 0 Å². The van der Waals surface area contributed by atoms with Gasteiger partial charge in [0.15, 0.2) is 0 Å². The number of thioether (sulfide) groups is 1. The highest BCUT2D eigenvalue weighted by Gasteiger charge is 2.23. The number of amides is 3. The van der Waals surface area contributed by atoms with Gasteiger partial charge < -0.3 is 15.1 Å². The van der Waals surface area contributed by atoms with Gasteiger partial charge in [0.2, 0.25) is 0 Å². The molecule has 0 spiro atoms. The summed E-state index contributed by atoms with van der Waals surface area (Å²) in [4.78, 5) is 30.1. The Labute approximate surface area is 187 Å². The van der Waals surface area contributed by atoms with Gasteiger partial charge in [0.1, 0.15) is 5.82 Å². The van der Waals surface area contributed by atoms with Crippen LogP contribution in [0.2, 0.25) is 0 Å². The first-order chi connectivity index (χ1) is 15.1. The molecule has 3 amide bonds. The molecule has 1 saturated heterocycles. The lowest BCUT2D eigenvalue weighted by atomic mass is 10.2. The zero-order valence-corrected chi connectivity index (χ0v) is 18.4. The number of benzene rings is 2. The Morgan fingerprint density at radius 3 is 2.19 bits per heavy atom. The summed E-state index contributed by atoms with van der Waals surface area (Å²) in [6.45, 7) is 2.09. The first kappa shape index (κ1) is 21.7. The molecule has 31 heavy (non-hydrogen) atoms. The number of halogens is 1. The predicted octanol–water partition coefficient (Wildman–Crippen LogP) is 5.24. The average Bonchev–Trinajstić information content (AvgIpc) is 3.16. The Balaban J connectivity index is 1.29. The van der Waals surface area contributed by atoms with Crippen LogP contribution < -0.4 is 5.32 Å². The Morgan fingerprint density at radius 2 is 1.48 bits per heavy atom. The molecule has 7 heteroatoms. The zero-order chi connectivity index (χ0) is 21.6. The van der Waals surface area contributed by atoms with Gasteiger partial charge in [0.25, 0.3) is 5.91 Å². The number of carbonyl (C=O) groups is 2. The van der Waals surface area contributed by atoms with Crippen molar-refractivity contribution < 1.29 is 14.0 Å². The largest absolute Gasteiger partial charge is 0.337 e. The first-order valence-corrected chi connectivity index (χ1v) is 11.8. The number of anilines is 1. The van der Waals surface area contributed by atoms with Gasteiger partial charge in [-0.15, -0.1) is 11.8 Å². The van der Waals surface area contributed by atoms with Crippen LogP contribution in [0.4, 0.5) is 14.9 Å². The van der Waals surface area contributed by atoms with E-state index in [0.717, 1.165) is 10.9 Å². The molecule has 164 valence electrons. The maximum absolute atomic E-state index is 13.1. The van der Waals surface area contributed by atoms with Crippen molar-refractivity contribution in [3.05, 3.63) is 59.9 Å². The summed E-state index contributed by atoms with van der Waals surface area (Å²) in [7, 11) is 0. The van der Waals surface area contributed by atoms with Gasteiger partial charge in [-0.25, -0.2) is 9.18 Å². The van der Waals surface area contributed by atoms with Gasteiger partial charge in [-0.1, -0.05) is 12.8 Å². The van der Waals surface area contributed by atoms with Crippen LogP contribution >= 0.6 is 11.8 Å². The first-order valence-electron chi connectivity index (χ1n) is 11.0. The minimum atomic E-state index is -0.361. The molecule has 0 unspecified atom stereocenters. The summed E-state index contributed by atoms with van der Waals surface area (Å²) in [5.41, 5.74) is 1.25. The van der Waals surface area contributed by atoms with E-state index in [1.54, 1.807) is 9.80 Å². The second-order valence-corrected chi connectivity index (χ2v) is 9.49. The molecule has 1 aliphatic carbocycles. The van der Waals surface area contributed by atoms with Crippen molar-refractivity contribution in [2.45, 2.75) is 42.2 Å². The van der Waals surface area contributed by atoms with Crippen LogP contribution in [0, 0.1) is 5.82 Å². The smallest absolute Gasteiger partial charge is 0.321 e. The molecule has 2 aromatic rings. The zero-order valence-electron chi connectivity index (χ0n) is 17.6. The number of nitrogens with one attached hydrogen (secondary N) is 1. The molecule has 2 aliphatic rings. The van der Waals surface area contributed by atoms with Crippen LogP contribution in [0.3, 0.4) is 0 Å². The molecule has 4 rings (SSSR count). The van der Waals surface area contributed by atoms with E-state index in [9.17, 15) is 14.0 Å². The van der Waals surface area contributed by atoms with Crippen molar-refractivity contribution in [3.8, 4) is 0 Å². The molecule has 2 fully saturated rings. The monoisotopic (exact) mass is 441 g/mol. The van der Waals surface area contributed by atoms with Gasteiger partial charge in [0.05, 0.1) is 0 Å². The molecule has 1 aliphatic heterocycles. The summed E-state index contributed by atoms with van der Waals surface area (Å²) in [5, 5.41) is 3.70. The number of carbonyl (C=O) groups excluding carboxylic acids is 2. The highest BCUT2D eigenvalue weighted by atomic mass is 32.2. The minimum Gasteiger partial charge on any atom is -0.337 e. The lowest BCUT2D eigenvalue weighted by molar-refractivity contribution is 0.0762.